The van der Waals surface area contributed by atoms with Crippen LogP contribution in [-0.4, -0.2) is 18.2 Å². The van der Waals surface area contributed by atoms with E-state index in [0.29, 0.717) is 0 Å². The Hall–Kier alpha value is -1.68. The van der Waals surface area contributed by atoms with Crippen LogP contribution in [0.3, 0.4) is 0 Å². The Bertz CT molecular complexity index is 568. The van der Waals surface area contributed by atoms with Gasteiger partial charge in [0.1, 0.15) is 0 Å². The van der Waals surface area contributed by atoms with Crippen molar-refractivity contribution in [3.8, 4) is 0 Å². The quantitative estimate of drug-likeness (QED) is 0.676. The maximum absolute atomic E-state index is 4.31. The highest BCUT2D eigenvalue weighted by Gasteiger charge is 2.12. The summed E-state index contributed by atoms with van der Waals surface area (Å²) in [5.74, 6) is 0. The van der Waals surface area contributed by atoms with Crippen molar-refractivity contribution in [3.63, 3.8) is 0 Å². The molecule has 0 fully saturated rings. The fourth-order valence-electron chi connectivity index (χ4n) is 1.74. The summed E-state index contributed by atoms with van der Waals surface area (Å²) in [6, 6.07) is 4.13. The summed E-state index contributed by atoms with van der Waals surface area (Å²) in [7, 11) is 1.96. The second-order valence-electron chi connectivity index (χ2n) is 3.35. The molecule has 74 valence electrons. The molecule has 1 aromatic carbocycles. The van der Waals surface area contributed by atoms with E-state index in [2.05, 4.69) is 22.2 Å². The van der Waals surface area contributed by atoms with Gasteiger partial charge in [0.05, 0.1) is 21.4 Å². The number of nitrogens with zero attached hydrogens (tertiary/aromatic N) is 3. The van der Waals surface area contributed by atoms with Gasteiger partial charge in [-0.25, -0.2) is 4.98 Å². The van der Waals surface area contributed by atoms with Crippen LogP contribution in [0.5, 0.6) is 0 Å². The van der Waals surface area contributed by atoms with Gasteiger partial charge in [-0.05, 0) is 12.1 Å². The number of benzene rings is 1. The monoisotopic (exact) mass is 215 g/mol. The Kier molecular flexibility index (Phi) is 1.82. The Morgan fingerprint density at radius 1 is 1.33 bits per heavy atom. The van der Waals surface area contributed by atoms with Crippen molar-refractivity contribution in [2.45, 2.75) is 0 Å². The average molecular weight is 215 g/mol. The Morgan fingerprint density at radius 2 is 2.27 bits per heavy atom. The second kappa shape index (κ2) is 3.17. The molecule has 1 aliphatic rings. The summed E-state index contributed by atoms with van der Waals surface area (Å²) in [5, 5.41) is 6.19. The highest BCUT2D eigenvalue weighted by atomic mass is 32.1. The van der Waals surface area contributed by atoms with Crippen molar-refractivity contribution in [2.24, 2.45) is 5.10 Å². The summed E-state index contributed by atoms with van der Waals surface area (Å²) in [4.78, 5) is 4.31. The lowest BCUT2D eigenvalue weighted by atomic mass is 10.1. The van der Waals surface area contributed by atoms with Crippen LogP contribution in [0.15, 0.2) is 28.8 Å². The van der Waals surface area contributed by atoms with Gasteiger partial charge in [-0.2, -0.15) is 5.10 Å². The van der Waals surface area contributed by atoms with Crippen molar-refractivity contribution >= 4 is 39.5 Å². The van der Waals surface area contributed by atoms with Gasteiger partial charge in [-0.15, -0.1) is 11.3 Å². The molecule has 3 nitrogen and oxygen atoms in total. The van der Waals surface area contributed by atoms with Gasteiger partial charge in [-0.1, -0.05) is 12.1 Å². The van der Waals surface area contributed by atoms with E-state index in [1.807, 2.05) is 29.7 Å². The predicted octanol–water partition coefficient (Wildman–Crippen LogP) is 2.75. The molecule has 0 amide bonds. The van der Waals surface area contributed by atoms with Crippen LogP contribution in [0.2, 0.25) is 0 Å². The molecule has 1 aromatic heterocycles. The molecule has 0 bridgehead atoms. The predicted molar refractivity (Wildman–Crippen MR) is 65.5 cm³/mol. The number of hydrazone groups is 1. The first-order valence-corrected chi connectivity index (χ1v) is 5.55. The molecule has 0 aliphatic carbocycles. The molecule has 0 N–H and O–H groups in total. The van der Waals surface area contributed by atoms with E-state index in [-0.39, 0.29) is 0 Å². The minimum Gasteiger partial charge on any atom is -0.266 e. The number of aromatic nitrogens is 1. The normalized spacial score (nSPS) is 14.3. The molecule has 0 spiro atoms. The summed E-state index contributed by atoms with van der Waals surface area (Å²) < 4.78 is 1.19. The number of fused-ring (bicyclic) bond motifs is 3. The number of hydrogen-bond donors (Lipinski definition) is 0. The van der Waals surface area contributed by atoms with Crippen molar-refractivity contribution in [1.29, 1.82) is 0 Å². The molecule has 4 heteroatoms. The molecule has 0 saturated heterocycles. The lowest BCUT2D eigenvalue weighted by Gasteiger charge is -2.14. The lowest BCUT2D eigenvalue weighted by molar-refractivity contribution is 1.03. The molecular formula is C11H9N3S. The van der Waals surface area contributed by atoms with Crippen LogP contribution in [-0.2, 0) is 0 Å². The minimum atomic E-state index is 1.04. The van der Waals surface area contributed by atoms with Gasteiger partial charge >= 0.3 is 0 Å². The van der Waals surface area contributed by atoms with Gasteiger partial charge < -0.3 is 0 Å². The van der Waals surface area contributed by atoms with Crippen LogP contribution >= 0.6 is 11.3 Å². The summed E-state index contributed by atoms with van der Waals surface area (Å²) >= 11 is 1.65. The maximum Gasteiger partial charge on any atom is 0.0857 e. The molecule has 2 heterocycles. The molecule has 2 aromatic rings. The standard InChI is InChI=1S/C11H9N3S/c1-14-10-8(3-2-6-13-14)4-5-9-11(10)15-7-12-9/h2-7H,1H3. The zero-order valence-electron chi connectivity index (χ0n) is 8.21. The van der Waals surface area contributed by atoms with Crippen molar-refractivity contribution in [3.05, 3.63) is 29.3 Å². The molecule has 0 radical (unpaired) electrons. The van der Waals surface area contributed by atoms with E-state index in [9.17, 15) is 0 Å². The van der Waals surface area contributed by atoms with E-state index in [0.717, 1.165) is 11.2 Å². The Balaban J connectivity index is 2.40. The summed E-state index contributed by atoms with van der Waals surface area (Å²) in [5.41, 5.74) is 5.24. The molecule has 0 saturated carbocycles. The first kappa shape index (κ1) is 8.61. The van der Waals surface area contributed by atoms with Gasteiger partial charge in [0, 0.05) is 18.8 Å². The summed E-state index contributed by atoms with van der Waals surface area (Å²) in [6.07, 6.45) is 5.82. The third-order valence-electron chi connectivity index (χ3n) is 2.43. The van der Waals surface area contributed by atoms with E-state index in [1.165, 1.54) is 10.3 Å². The number of thiazole rings is 1. The Morgan fingerprint density at radius 3 is 3.20 bits per heavy atom. The minimum absolute atomic E-state index is 1.04. The SMILES string of the molecule is CN1N=CC=Cc2ccc3ncsc3c21. The molecule has 3 rings (SSSR count). The van der Waals surface area contributed by atoms with Crippen LogP contribution in [0.4, 0.5) is 5.69 Å². The smallest absolute Gasteiger partial charge is 0.0857 e. The number of anilines is 1. The molecule has 0 atom stereocenters. The largest absolute Gasteiger partial charge is 0.266 e. The molecule has 0 unspecified atom stereocenters. The molecular weight excluding hydrogens is 206 g/mol. The molecule has 1 aliphatic heterocycles. The zero-order chi connectivity index (χ0) is 10.3. The highest BCUT2D eigenvalue weighted by Crippen LogP contribution is 2.34. The van der Waals surface area contributed by atoms with E-state index >= 15 is 0 Å². The van der Waals surface area contributed by atoms with E-state index in [4.69, 9.17) is 0 Å². The lowest BCUT2D eigenvalue weighted by Crippen LogP contribution is -2.08. The van der Waals surface area contributed by atoms with E-state index < -0.39 is 0 Å². The van der Waals surface area contributed by atoms with Crippen molar-refractivity contribution in [2.75, 3.05) is 12.1 Å². The first-order chi connectivity index (χ1) is 7.36. The third-order valence-corrected chi connectivity index (χ3v) is 3.28. The third kappa shape index (κ3) is 1.26. The zero-order valence-corrected chi connectivity index (χ0v) is 9.03. The van der Waals surface area contributed by atoms with Gasteiger partial charge in [-0.3, -0.25) is 5.01 Å². The van der Waals surface area contributed by atoms with Crippen LogP contribution in [0.1, 0.15) is 5.56 Å². The van der Waals surface area contributed by atoms with Crippen molar-refractivity contribution in [1.82, 2.24) is 4.98 Å². The number of allylic oxidation sites excluding steroid dienone is 1. The fourth-order valence-corrected chi connectivity index (χ4v) is 2.62. The fraction of sp³-hybridized carbons (Fsp3) is 0.0909. The molecule has 15 heavy (non-hydrogen) atoms. The number of hydrogen-bond acceptors (Lipinski definition) is 4. The van der Waals surface area contributed by atoms with Gasteiger partial charge in [0.2, 0.25) is 0 Å². The highest BCUT2D eigenvalue weighted by molar-refractivity contribution is 7.17. The van der Waals surface area contributed by atoms with Gasteiger partial charge in [0.25, 0.3) is 0 Å². The van der Waals surface area contributed by atoms with Gasteiger partial charge in [0.15, 0.2) is 0 Å². The second-order valence-corrected chi connectivity index (χ2v) is 4.21. The van der Waals surface area contributed by atoms with Crippen molar-refractivity contribution < 1.29 is 0 Å². The first-order valence-electron chi connectivity index (χ1n) is 4.67. The van der Waals surface area contributed by atoms with Crippen LogP contribution in [0.25, 0.3) is 16.3 Å². The van der Waals surface area contributed by atoms with E-state index in [1.54, 1.807) is 17.6 Å². The number of rotatable bonds is 0. The Labute approximate surface area is 91.4 Å². The maximum atomic E-state index is 4.31. The topological polar surface area (TPSA) is 28.5 Å². The van der Waals surface area contributed by atoms with Crippen LogP contribution < -0.4 is 5.01 Å². The van der Waals surface area contributed by atoms with Crippen LogP contribution in [0, 0.1) is 0 Å². The summed E-state index contributed by atoms with van der Waals surface area (Å²) in [6.45, 7) is 0. The average Bonchev–Trinajstić information content (AvgIpc) is 2.63.